The zero-order valence-electron chi connectivity index (χ0n) is 7.23. The number of hydrogen-bond donors (Lipinski definition) is 0. The Morgan fingerprint density at radius 2 is 1.77 bits per heavy atom. The summed E-state index contributed by atoms with van der Waals surface area (Å²) >= 11 is 0. The fourth-order valence-electron chi connectivity index (χ4n) is 1.25. The van der Waals surface area contributed by atoms with Gasteiger partial charge in [-0.05, 0) is 25.7 Å². The molecule has 0 aromatic carbocycles. The van der Waals surface area contributed by atoms with Gasteiger partial charge in [0.2, 0.25) is 6.61 Å². The van der Waals surface area contributed by atoms with E-state index < -0.39 is 12.8 Å². The van der Waals surface area contributed by atoms with E-state index in [1.165, 1.54) is 0 Å². The molecule has 0 atom stereocenters. The second-order valence-corrected chi connectivity index (χ2v) is 3.11. The summed E-state index contributed by atoms with van der Waals surface area (Å²) in [6.45, 7) is -1.28. The van der Waals surface area contributed by atoms with Crippen molar-refractivity contribution in [2.45, 2.75) is 38.3 Å². The average molecular weight is 195 g/mol. The summed E-state index contributed by atoms with van der Waals surface area (Å²) in [6.07, 6.45) is 0.426. The topological polar surface area (TPSA) is 21.6 Å². The van der Waals surface area contributed by atoms with Gasteiger partial charge in [-0.25, -0.2) is 0 Å². The van der Waals surface area contributed by atoms with Gasteiger partial charge in [-0.1, -0.05) is 11.6 Å². The third kappa shape index (κ3) is 4.75. The maximum absolute atomic E-state index is 11.6. The van der Waals surface area contributed by atoms with Crippen molar-refractivity contribution < 1.29 is 18.0 Å². The van der Waals surface area contributed by atoms with Gasteiger partial charge >= 0.3 is 6.18 Å². The van der Waals surface area contributed by atoms with Crippen LogP contribution >= 0.6 is 0 Å². The van der Waals surface area contributed by atoms with Crippen LogP contribution in [0, 0.1) is 0 Å². The lowest BCUT2D eigenvalue weighted by Gasteiger charge is -2.12. The van der Waals surface area contributed by atoms with Crippen molar-refractivity contribution in [2.75, 3.05) is 6.61 Å². The fraction of sp³-hybridized carbons (Fsp3) is 0.875. The molecule has 1 aliphatic carbocycles. The molecule has 0 aromatic rings. The molecule has 0 bridgehead atoms. The molecule has 0 amide bonds. The average Bonchev–Trinajstić information content (AvgIpc) is 2.04. The van der Waals surface area contributed by atoms with Crippen molar-refractivity contribution >= 4 is 5.71 Å². The second-order valence-electron chi connectivity index (χ2n) is 3.11. The summed E-state index contributed by atoms with van der Waals surface area (Å²) in [7, 11) is 0. The normalized spacial score (nSPS) is 18.5. The first-order valence-electron chi connectivity index (χ1n) is 4.32. The highest BCUT2D eigenvalue weighted by atomic mass is 19.4. The van der Waals surface area contributed by atoms with E-state index in [-0.39, 0.29) is 0 Å². The zero-order valence-corrected chi connectivity index (χ0v) is 7.23. The maximum atomic E-state index is 11.6. The Hall–Kier alpha value is -0.740. The van der Waals surface area contributed by atoms with Gasteiger partial charge < -0.3 is 4.84 Å². The van der Waals surface area contributed by atoms with Crippen molar-refractivity contribution in [1.29, 1.82) is 0 Å². The molecular formula is C8H12F3NO. The van der Waals surface area contributed by atoms with Crippen molar-refractivity contribution in [3.8, 4) is 0 Å². The van der Waals surface area contributed by atoms with Crippen molar-refractivity contribution in [2.24, 2.45) is 5.16 Å². The molecule has 0 unspecified atom stereocenters. The molecule has 0 radical (unpaired) electrons. The van der Waals surface area contributed by atoms with E-state index in [9.17, 15) is 13.2 Å². The van der Waals surface area contributed by atoms with Crippen LogP contribution in [0.1, 0.15) is 32.1 Å². The number of rotatable bonds is 2. The van der Waals surface area contributed by atoms with E-state index in [2.05, 4.69) is 9.99 Å². The molecule has 0 saturated heterocycles. The number of alkyl halides is 3. The molecule has 1 aliphatic rings. The van der Waals surface area contributed by atoms with Crippen LogP contribution in [0.5, 0.6) is 0 Å². The predicted octanol–water partition coefficient (Wildman–Crippen LogP) is 2.89. The van der Waals surface area contributed by atoms with Gasteiger partial charge in [0.05, 0.1) is 5.71 Å². The summed E-state index contributed by atoms with van der Waals surface area (Å²) in [5.74, 6) is 0. The Labute approximate surface area is 74.7 Å². The predicted molar refractivity (Wildman–Crippen MR) is 42.5 cm³/mol. The van der Waals surface area contributed by atoms with Gasteiger partial charge in [0.15, 0.2) is 0 Å². The summed E-state index contributed by atoms with van der Waals surface area (Å²) in [5, 5.41) is 3.47. The molecule has 0 aromatic heterocycles. The number of hydrogen-bond acceptors (Lipinski definition) is 2. The standard InChI is InChI=1S/C8H12F3NO/c9-8(10,11)6-13-12-7-4-2-1-3-5-7/h1-6H2. The largest absolute Gasteiger partial charge is 0.425 e. The molecule has 0 aliphatic heterocycles. The molecule has 5 heteroatoms. The highest BCUT2D eigenvalue weighted by Crippen LogP contribution is 2.17. The maximum Gasteiger partial charge on any atom is 0.425 e. The van der Waals surface area contributed by atoms with E-state index in [4.69, 9.17) is 0 Å². The van der Waals surface area contributed by atoms with E-state index in [0.29, 0.717) is 0 Å². The van der Waals surface area contributed by atoms with Crippen LogP contribution in [0.15, 0.2) is 5.16 Å². The third-order valence-electron chi connectivity index (χ3n) is 1.85. The van der Waals surface area contributed by atoms with E-state index >= 15 is 0 Å². The molecule has 1 fully saturated rings. The highest BCUT2D eigenvalue weighted by Gasteiger charge is 2.28. The molecule has 0 N–H and O–H groups in total. The van der Waals surface area contributed by atoms with Crippen LogP contribution in [-0.4, -0.2) is 18.5 Å². The van der Waals surface area contributed by atoms with Gasteiger partial charge in [0.1, 0.15) is 0 Å². The minimum absolute atomic E-state index is 0.760. The zero-order chi connectivity index (χ0) is 9.73. The van der Waals surface area contributed by atoms with Gasteiger partial charge in [-0.2, -0.15) is 13.2 Å². The summed E-state index contributed by atoms with van der Waals surface area (Å²) < 4.78 is 34.8. The lowest BCUT2D eigenvalue weighted by molar-refractivity contribution is -0.173. The van der Waals surface area contributed by atoms with Crippen LogP contribution in [0.2, 0.25) is 0 Å². The van der Waals surface area contributed by atoms with E-state index in [1.807, 2.05) is 0 Å². The van der Waals surface area contributed by atoms with Gasteiger partial charge in [0, 0.05) is 0 Å². The Morgan fingerprint density at radius 3 is 2.31 bits per heavy atom. The van der Waals surface area contributed by atoms with Crippen molar-refractivity contribution in [3.63, 3.8) is 0 Å². The highest BCUT2D eigenvalue weighted by molar-refractivity contribution is 5.84. The molecule has 1 saturated carbocycles. The van der Waals surface area contributed by atoms with Crippen LogP contribution in [-0.2, 0) is 4.84 Å². The van der Waals surface area contributed by atoms with E-state index in [0.717, 1.165) is 37.8 Å². The van der Waals surface area contributed by atoms with Crippen LogP contribution in [0.4, 0.5) is 13.2 Å². The molecule has 2 nitrogen and oxygen atoms in total. The summed E-state index contributed by atoms with van der Waals surface area (Å²) in [4.78, 5) is 4.20. The van der Waals surface area contributed by atoms with Crippen molar-refractivity contribution in [3.05, 3.63) is 0 Å². The van der Waals surface area contributed by atoms with Gasteiger partial charge in [0.25, 0.3) is 0 Å². The first-order valence-corrected chi connectivity index (χ1v) is 4.32. The van der Waals surface area contributed by atoms with Crippen LogP contribution in [0.25, 0.3) is 0 Å². The Bertz CT molecular complexity index is 180. The van der Waals surface area contributed by atoms with Gasteiger partial charge in [-0.15, -0.1) is 0 Å². The lowest BCUT2D eigenvalue weighted by atomic mass is 9.99. The Morgan fingerprint density at radius 1 is 1.15 bits per heavy atom. The minimum Gasteiger partial charge on any atom is -0.386 e. The quantitative estimate of drug-likeness (QED) is 0.621. The Balaban J connectivity index is 2.22. The van der Waals surface area contributed by atoms with Gasteiger partial charge in [-0.3, -0.25) is 0 Å². The number of oxime groups is 1. The molecule has 76 valence electrons. The first-order chi connectivity index (χ1) is 6.08. The monoisotopic (exact) mass is 195 g/mol. The second kappa shape index (κ2) is 4.48. The smallest absolute Gasteiger partial charge is 0.386 e. The third-order valence-corrected chi connectivity index (χ3v) is 1.85. The number of nitrogens with zero attached hydrogens (tertiary/aromatic N) is 1. The molecular weight excluding hydrogens is 183 g/mol. The van der Waals surface area contributed by atoms with Crippen LogP contribution < -0.4 is 0 Å². The fourth-order valence-corrected chi connectivity index (χ4v) is 1.25. The minimum atomic E-state index is -4.28. The summed E-state index contributed by atoms with van der Waals surface area (Å²) in [6, 6.07) is 0. The molecule has 0 spiro atoms. The molecule has 1 rings (SSSR count). The van der Waals surface area contributed by atoms with Crippen LogP contribution in [0.3, 0.4) is 0 Å². The SMILES string of the molecule is FC(F)(F)CON=C1CCCCC1. The summed E-state index contributed by atoms with van der Waals surface area (Å²) in [5.41, 5.74) is 0.760. The molecule has 0 heterocycles. The first kappa shape index (κ1) is 10.3. The number of halogens is 3. The Kier molecular flexibility index (Phi) is 3.57. The van der Waals surface area contributed by atoms with E-state index in [1.54, 1.807) is 0 Å². The lowest BCUT2D eigenvalue weighted by Crippen LogP contribution is -2.16. The molecule has 13 heavy (non-hydrogen) atoms. The van der Waals surface area contributed by atoms with Crippen molar-refractivity contribution in [1.82, 2.24) is 0 Å².